The van der Waals surface area contributed by atoms with Crippen molar-refractivity contribution in [2.45, 2.75) is 39.7 Å². The molecule has 6 heteroatoms. The van der Waals surface area contributed by atoms with E-state index in [0.29, 0.717) is 18.2 Å². The minimum atomic E-state index is -0.703. The van der Waals surface area contributed by atoms with E-state index in [4.69, 9.17) is 4.74 Å². The van der Waals surface area contributed by atoms with Crippen molar-refractivity contribution in [1.82, 2.24) is 15.1 Å². The van der Waals surface area contributed by atoms with Crippen LogP contribution in [0.4, 0.5) is 0 Å². The summed E-state index contributed by atoms with van der Waals surface area (Å²) in [6.07, 6.45) is -0.703. The molecule has 21 heavy (non-hydrogen) atoms. The molecule has 0 aliphatic heterocycles. The van der Waals surface area contributed by atoms with E-state index in [0.717, 1.165) is 5.69 Å². The van der Waals surface area contributed by atoms with Gasteiger partial charge in [0.15, 0.2) is 0 Å². The van der Waals surface area contributed by atoms with Gasteiger partial charge in [0, 0.05) is 20.2 Å². The average molecular weight is 297 g/mol. The maximum atomic E-state index is 12.1. The molecule has 1 atom stereocenters. The number of carbonyl (C=O) groups excluding carboxylic acids is 1. The second kappa shape index (κ2) is 8.14. The molecule has 6 nitrogen and oxygen atoms in total. The van der Waals surface area contributed by atoms with Gasteiger partial charge in [-0.05, 0) is 17.9 Å². The number of aliphatic hydroxyl groups excluding tert-OH is 1. The van der Waals surface area contributed by atoms with Gasteiger partial charge in [-0.3, -0.25) is 9.48 Å². The van der Waals surface area contributed by atoms with Crippen LogP contribution in [0, 0.1) is 5.92 Å². The minimum Gasteiger partial charge on any atom is -0.389 e. The van der Waals surface area contributed by atoms with Crippen LogP contribution in [0.5, 0.6) is 0 Å². The van der Waals surface area contributed by atoms with Gasteiger partial charge in [-0.25, -0.2) is 0 Å². The lowest BCUT2D eigenvalue weighted by Crippen LogP contribution is -2.35. The highest BCUT2D eigenvalue weighted by molar-refractivity contribution is 5.92. The van der Waals surface area contributed by atoms with Crippen LogP contribution in [0.15, 0.2) is 6.07 Å². The number of hydrogen-bond donors (Lipinski definition) is 2. The molecule has 1 aromatic heterocycles. The summed E-state index contributed by atoms with van der Waals surface area (Å²) in [6.45, 7) is 9.14. The average Bonchev–Trinajstić information content (AvgIpc) is 2.78. The zero-order chi connectivity index (χ0) is 16.0. The Morgan fingerprint density at radius 3 is 2.57 bits per heavy atom. The van der Waals surface area contributed by atoms with E-state index in [1.807, 2.05) is 27.7 Å². The fourth-order valence-corrected chi connectivity index (χ4v) is 1.78. The highest BCUT2D eigenvalue weighted by atomic mass is 16.5. The van der Waals surface area contributed by atoms with Gasteiger partial charge in [-0.1, -0.05) is 27.7 Å². The summed E-state index contributed by atoms with van der Waals surface area (Å²) in [7, 11) is 1.74. The third-order valence-corrected chi connectivity index (χ3v) is 2.98. The maximum Gasteiger partial charge on any atom is 0.269 e. The molecule has 0 aliphatic rings. The molecule has 0 radical (unpaired) electrons. The van der Waals surface area contributed by atoms with Crippen molar-refractivity contribution in [1.29, 1.82) is 0 Å². The molecule has 0 fully saturated rings. The lowest BCUT2D eigenvalue weighted by Gasteiger charge is -2.13. The SMILES string of the molecule is CC(C)COCC(O)CNC(=O)c1cc(C(C)C)nn1C. The number of hydrogen-bond acceptors (Lipinski definition) is 4. The smallest absolute Gasteiger partial charge is 0.269 e. The van der Waals surface area contributed by atoms with Gasteiger partial charge in [-0.2, -0.15) is 5.10 Å². The summed E-state index contributed by atoms with van der Waals surface area (Å²) in [5.74, 6) is 0.461. The monoisotopic (exact) mass is 297 g/mol. The Morgan fingerprint density at radius 1 is 1.38 bits per heavy atom. The maximum absolute atomic E-state index is 12.1. The summed E-state index contributed by atoms with van der Waals surface area (Å²) in [5.41, 5.74) is 1.37. The molecule has 0 aromatic carbocycles. The van der Waals surface area contributed by atoms with Crippen LogP contribution in [0.1, 0.15) is 49.8 Å². The van der Waals surface area contributed by atoms with E-state index in [2.05, 4.69) is 10.4 Å². The van der Waals surface area contributed by atoms with Crippen LogP contribution in [0.3, 0.4) is 0 Å². The van der Waals surface area contributed by atoms with Crippen molar-refractivity contribution in [2.75, 3.05) is 19.8 Å². The van der Waals surface area contributed by atoms with Crippen LogP contribution in [0.25, 0.3) is 0 Å². The number of amides is 1. The third kappa shape index (κ3) is 5.85. The van der Waals surface area contributed by atoms with Crippen LogP contribution >= 0.6 is 0 Å². The van der Waals surface area contributed by atoms with Crippen molar-refractivity contribution in [3.05, 3.63) is 17.5 Å². The Kier molecular flexibility index (Phi) is 6.84. The van der Waals surface area contributed by atoms with E-state index in [9.17, 15) is 9.90 Å². The molecule has 0 spiro atoms. The Morgan fingerprint density at radius 2 is 2.05 bits per heavy atom. The topological polar surface area (TPSA) is 76.4 Å². The Hall–Kier alpha value is -1.40. The number of carbonyl (C=O) groups is 1. The molecule has 0 bridgehead atoms. The van der Waals surface area contributed by atoms with Crippen LogP contribution < -0.4 is 5.32 Å². The molecule has 120 valence electrons. The standard InChI is InChI=1S/C15H27N3O3/c1-10(2)8-21-9-12(19)7-16-15(20)14-6-13(11(3)4)17-18(14)5/h6,10-12,19H,7-9H2,1-5H3,(H,16,20). The lowest BCUT2D eigenvalue weighted by atomic mass is 10.1. The fraction of sp³-hybridized carbons (Fsp3) is 0.733. The van der Waals surface area contributed by atoms with Gasteiger partial charge >= 0.3 is 0 Å². The van der Waals surface area contributed by atoms with E-state index < -0.39 is 6.10 Å². The van der Waals surface area contributed by atoms with Crippen molar-refractivity contribution in [3.8, 4) is 0 Å². The molecule has 0 saturated heterocycles. The van der Waals surface area contributed by atoms with Gasteiger partial charge in [-0.15, -0.1) is 0 Å². The number of ether oxygens (including phenoxy) is 1. The summed E-state index contributed by atoms with van der Waals surface area (Å²) in [6, 6.07) is 1.78. The van der Waals surface area contributed by atoms with Gasteiger partial charge < -0.3 is 15.2 Å². The zero-order valence-corrected chi connectivity index (χ0v) is 13.6. The third-order valence-electron chi connectivity index (χ3n) is 2.98. The number of rotatable bonds is 8. The van der Waals surface area contributed by atoms with E-state index in [-0.39, 0.29) is 25.0 Å². The highest BCUT2D eigenvalue weighted by Crippen LogP contribution is 2.13. The first kappa shape index (κ1) is 17.7. The van der Waals surface area contributed by atoms with Crippen LogP contribution in [-0.2, 0) is 11.8 Å². The van der Waals surface area contributed by atoms with Crippen molar-refractivity contribution >= 4 is 5.91 Å². The first-order valence-corrected chi connectivity index (χ1v) is 7.39. The molecule has 1 amide bonds. The number of nitrogens with one attached hydrogen (secondary N) is 1. The molecule has 0 aliphatic carbocycles. The largest absolute Gasteiger partial charge is 0.389 e. The van der Waals surface area contributed by atoms with E-state index >= 15 is 0 Å². The van der Waals surface area contributed by atoms with Crippen LogP contribution in [-0.4, -0.2) is 46.7 Å². The quantitative estimate of drug-likeness (QED) is 0.758. The molecular formula is C15H27N3O3. The summed E-state index contributed by atoms with van der Waals surface area (Å²) >= 11 is 0. The normalized spacial score (nSPS) is 13.0. The van der Waals surface area contributed by atoms with Gasteiger partial charge in [0.2, 0.25) is 0 Å². The number of nitrogens with zero attached hydrogens (tertiary/aromatic N) is 2. The zero-order valence-electron chi connectivity index (χ0n) is 13.6. The Bertz CT molecular complexity index is 455. The van der Waals surface area contributed by atoms with Gasteiger partial charge in [0.1, 0.15) is 5.69 Å². The molecule has 1 aromatic rings. The fourth-order valence-electron chi connectivity index (χ4n) is 1.78. The molecule has 1 heterocycles. The molecular weight excluding hydrogens is 270 g/mol. The minimum absolute atomic E-state index is 0.166. The lowest BCUT2D eigenvalue weighted by molar-refractivity contribution is 0.0258. The molecule has 0 saturated carbocycles. The predicted molar refractivity (Wildman–Crippen MR) is 81.3 cm³/mol. The predicted octanol–water partition coefficient (Wildman–Crippen LogP) is 1.31. The number of aliphatic hydroxyl groups is 1. The second-order valence-electron chi connectivity index (χ2n) is 6.03. The van der Waals surface area contributed by atoms with Crippen molar-refractivity contribution < 1.29 is 14.6 Å². The van der Waals surface area contributed by atoms with Gasteiger partial charge in [0.05, 0.1) is 18.4 Å². The Balaban J connectivity index is 2.43. The van der Waals surface area contributed by atoms with Crippen LogP contribution in [0.2, 0.25) is 0 Å². The molecule has 1 rings (SSSR count). The van der Waals surface area contributed by atoms with Crippen molar-refractivity contribution in [2.24, 2.45) is 13.0 Å². The first-order chi connectivity index (χ1) is 9.81. The molecule has 1 unspecified atom stereocenters. The number of aryl methyl sites for hydroxylation is 1. The summed E-state index contributed by atoms with van der Waals surface area (Å²) in [5, 5.41) is 16.8. The van der Waals surface area contributed by atoms with E-state index in [1.165, 1.54) is 0 Å². The summed E-state index contributed by atoms with van der Waals surface area (Å²) in [4.78, 5) is 12.1. The number of aromatic nitrogens is 2. The summed E-state index contributed by atoms with van der Waals surface area (Å²) < 4.78 is 6.90. The van der Waals surface area contributed by atoms with Crippen molar-refractivity contribution in [3.63, 3.8) is 0 Å². The second-order valence-corrected chi connectivity index (χ2v) is 6.03. The molecule has 2 N–H and O–H groups in total. The van der Waals surface area contributed by atoms with E-state index in [1.54, 1.807) is 17.8 Å². The Labute approximate surface area is 126 Å². The van der Waals surface area contributed by atoms with Gasteiger partial charge in [0.25, 0.3) is 5.91 Å². The first-order valence-electron chi connectivity index (χ1n) is 7.39. The highest BCUT2D eigenvalue weighted by Gasteiger charge is 2.16.